The average molecular weight is 477 g/mol. The summed E-state index contributed by atoms with van der Waals surface area (Å²) < 4.78 is 19.0. The van der Waals surface area contributed by atoms with Gasteiger partial charge in [-0.05, 0) is 37.1 Å². The van der Waals surface area contributed by atoms with Crippen LogP contribution in [0.1, 0.15) is 18.4 Å². The van der Waals surface area contributed by atoms with E-state index in [4.69, 9.17) is 16.3 Å². The predicted octanol–water partition coefficient (Wildman–Crippen LogP) is 2.68. The minimum Gasteiger partial charge on any atom is -0.483 e. The molecule has 33 heavy (non-hydrogen) atoms. The summed E-state index contributed by atoms with van der Waals surface area (Å²) in [4.78, 5) is 24.0. The largest absolute Gasteiger partial charge is 0.483 e. The van der Waals surface area contributed by atoms with E-state index in [1.807, 2.05) is 23.1 Å². The molecule has 4 rings (SSSR count). The molecule has 0 spiro atoms. The number of nitrogens with zero attached hydrogens (tertiary/aromatic N) is 4. The molecule has 176 valence electrons. The lowest BCUT2D eigenvalue weighted by Gasteiger charge is -2.32. The van der Waals surface area contributed by atoms with E-state index in [2.05, 4.69) is 20.6 Å². The number of likely N-dealkylation sites (N-methyl/N-ethyl adjacent to an activating group) is 2. The van der Waals surface area contributed by atoms with Crippen LogP contribution < -0.4 is 20.4 Å². The van der Waals surface area contributed by atoms with Crippen LogP contribution in [0, 0.1) is 0 Å². The third-order valence-electron chi connectivity index (χ3n) is 5.68. The minimum absolute atomic E-state index is 0.195. The molecule has 2 aromatic rings. The number of aliphatic hydroxyl groups is 1. The van der Waals surface area contributed by atoms with E-state index >= 15 is 0 Å². The Labute approximate surface area is 196 Å². The minimum atomic E-state index is -1.01. The van der Waals surface area contributed by atoms with Crippen molar-refractivity contribution < 1.29 is 19.0 Å². The van der Waals surface area contributed by atoms with Gasteiger partial charge in [-0.2, -0.15) is 4.98 Å². The first-order valence-corrected chi connectivity index (χ1v) is 11.0. The lowest BCUT2D eigenvalue weighted by atomic mass is 10.1. The van der Waals surface area contributed by atoms with Crippen LogP contribution in [0.3, 0.4) is 0 Å². The number of halogens is 2. The number of ether oxygens (including phenoxy) is 1. The highest BCUT2D eigenvalue weighted by Crippen LogP contribution is 2.34. The van der Waals surface area contributed by atoms with Crippen LogP contribution in [0.5, 0.6) is 0 Å². The molecular formula is C22H26ClFN6O3. The number of aliphatic hydroxyl groups excluding tert-OH is 1. The van der Waals surface area contributed by atoms with Crippen molar-refractivity contribution in [3.63, 3.8) is 0 Å². The molecule has 1 aromatic carbocycles. The zero-order valence-corrected chi connectivity index (χ0v) is 19.1. The molecule has 3 N–H and O–H groups in total. The number of hydrogen-bond acceptors (Lipinski definition) is 8. The number of benzene rings is 1. The van der Waals surface area contributed by atoms with Crippen LogP contribution >= 0.6 is 11.6 Å². The number of nitrogens with one attached hydrogen (secondary N) is 2. The summed E-state index contributed by atoms with van der Waals surface area (Å²) in [5.74, 6) is 0.911. The maximum Gasteiger partial charge on any atom is 0.257 e. The summed E-state index contributed by atoms with van der Waals surface area (Å²) in [6, 6.07) is 5.57. The number of anilines is 4. The first kappa shape index (κ1) is 23.1. The van der Waals surface area contributed by atoms with Crippen molar-refractivity contribution in [3.8, 4) is 0 Å². The van der Waals surface area contributed by atoms with E-state index in [1.54, 1.807) is 18.0 Å². The maximum atomic E-state index is 13.5. The second-order valence-corrected chi connectivity index (χ2v) is 8.33. The molecule has 0 bridgehead atoms. The number of aromatic nitrogens is 2. The SMILES string of the molecule is CNC(=O)COC1=Cc2cc(Nc3nc(N4CCC(F)CC4)ncc3Cl)ccc2N(C)C1O. The number of alkyl halides is 1. The third-order valence-corrected chi connectivity index (χ3v) is 5.95. The predicted molar refractivity (Wildman–Crippen MR) is 126 cm³/mol. The van der Waals surface area contributed by atoms with Crippen LogP contribution in [0.25, 0.3) is 6.08 Å². The van der Waals surface area contributed by atoms with E-state index in [1.165, 1.54) is 13.2 Å². The molecule has 9 nitrogen and oxygen atoms in total. The Bertz CT molecular complexity index is 1060. The zero-order chi connectivity index (χ0) is 23.5. The van der Waals surface area contributed by atoms with Crippen LogP contribution in [0.4, 0.5) is 27.5 Å². The number of hydrogen-bond donors (Lipinski definition) is 3. The monoisotopic (exact) mass is 476 g/mol. The summed E-state index contributed by atoms with van der Waals surface area (Å²) in [7, 11) is 3.25. The summed E-state index contributed by atoms with van der Waals surface area (Å²) in [6.45, 7) is 0.915. The van der Waals surface area contributed by atoms with Gasteiger partial charge in [0.05, 0.1) is 6.20 Å². The molecule has 1 amide bonds. The van der Waals surface area contributed by atoms with Crippen molar-refractivity contribution in [2.75, 3.05) is 48.9 Å². The summed E-state index contributed by atoms with van der Waals surface area (Å²) in [6.07, 6.45) is 2.35. The fourth-order valence-electron chi connectivity index (χ4n) is 3.74. The van der Waals surface area contributed by atoms with E-state index < -0.39 is 12.4 Å². The molecule has 1 unspecified atom stereocenters. The average Bonchev–Trinajstić information content (AvgIpc) is 2.82. The fourth-order valence-corrected chi connectivity index (χ4v) is 3.88. The Morgan fingerprint density at radius 3 is 2.85 bits per heavy atom. The van der Waals surface area contributed by atoms with Gasteiger partial charge in [-0.3, -0.25) is 4.79 Å². The summed E-state index contributed by atoms with van der Waals surface area (Å²) in [5, 5.41) is 16.6. The second kappa shape index (κ2) is 9.80. The Balaban J connectivity index is 1.55. The fraction of sp³-hybridized carbons (Fsp3) is 0.409. The highest BCUT2D eigenvalue weighted by atomic mass is 35.5. The van der Waals surface area contributed by atoms with Crippen molar-refractivity contribution >= 4 is 46.7 Å². The molecular weight excluding hydrogens is 451 g/mol. The van der Waals surface area contributed by atoms with Gasteiger partial charge >= 0.3 is 0 Å². The van der Waals surface area contributed by atoms with Crippen LogP contribution in [0.15, 0.2) is 30.2 Å². The van der Waals surface area contributed by atoms with Gasteiger partial charge in [0.15, 0.2) is 18.7 Å². The Morgan fingerprint density at radius 1 is 1.36 bits per heavy atom. The molecule has 1 fully saturated rings. The quantitative estimate of drug-likeness (QED) is 0.585. The van der Waals surface area contributed by atoms with Gasteiger partial charge in [0, 0.05) is 44.1 Å². The lowest BCUT2D eigenvalue weighted by Crippen LogP contribution is -2.37. The molecule has 0 saturated carbocycles. The molecule has 2 aliphatic heterocycles. The Hall–Kier alpha value is -3.11. The van der Waals surface area contributed by atoms with Gasteiger partial charge in [0.2, 0.25) is 5.95 Å². The number of fused-ring (bicyclic) bond motifs is 1. The second-order valence-electron chi connectivity index (χ2n) is 7.92. The number of rotatable bonds is 6. The van der Waals surface area contributed by atoms with Crippen molar-refractivity contribution in [1.29, 1.82) is 0 Å². The maximum absolute atomic E-state index is 13.5. The van der Waals surface area contributed by atoms with E-state index in [0.717, 1.165) is 16.9 Å². The van der Waals surface area contributed by atoms with Gasteiger partial charge in [0.1, 0.15) is 17.0 Å². The van der Waals surface area contributed by atoms with Gasteiger partial charge in [-0.15, -0.1) is 0 Å². The Morgan fingerprint density at radius 2 is 2.12 bits per heavy atom. The first-order chi connectivity index (χ1) is 15.9. The van der Waals surface area contributed by atoms with Gasteiger partial charge in [0.25, 0.3) is 5.91 Å². The van der Waals surface area contributed by atoms with Gasteiger partial charge < -0.3 is 30.3 Å². The topological polar surface area (TPSA) is 103 Å². The molecule has 1 saturated heterocycles. The smallest absolute Gasteiger partial charge is 0.257 e. The van der Waals surface area contributed by atoms with Crippen molar-refractivity contribution in [1.82, 2.24) is 15.3 Å². The highest BCUT2D eigenvalue weighted by Gasteiger charge is 2.26. The summed E-state index contributed by atoms with van der Waals surface area (Å²) in [5.41, 5.74) is 2.30. The standard InChI is InChI=1S/C22H26ClFN6O3/c1-25-19(31)12-33-18-10-13-9-15(3-4-17(13)29(2)21(18)32)27-20-16(23)11-26-22(28-20)30-7-5-14(24)6-8-30/h3-4,9-11,14,21,32H,5-8,12H2,1-2H3,(H,25,31)(H,26,27,28). The van der Waals surface area contributed by atoms with Crippen LogP contribution in [-0.4, -0.2) is 67.2 Å². The molecule has 11 heteroatoms. The van der Waals surface area contributed by atoms with Crippen LogP contribution in [0.2, 0.25) is 5.02 Å². The molecule has 3 heterocycles. The first-order valence-electron chi connectivity index (χ1n) is 10.6. The van der Waals surface area contributed by atoms with E-state index in [9.17, 15) is 14.3 Å². The van der Waals surface area contributed by atoms with Crippen molar-refractivity contribution in [3.05, 3.63) is 40.7 Å². The molecule has 1 atom stereocenters. The van der Waals surface area contributed by atoms with E-state index in [0.29, 0.717) is 42.7 Å². The highest BCUT2D eigenvalue weighted by molar-refractivity contribution is 6.32. The molecule has 0 aliphatic carbocycles. The number of carbonyl (C=O) groups excluding carboxylic acids is 1. The Kier molecular flexibility index (Phi) is 6.85. The van der Waals surface area contributed by atoms with Gasteiger partial charge in [-0.1, -0.05) is 11.6 Å². The van der Waals surface area contributed by atoms with Gasteiger partial charge in [-0.25, -0.2) is 9.37 Å². The number of carbonyl (C=O) groups is 1. The summed E-state index contributed by atoms with van der Waals surface area (Å²) >= 11 is 6.32. The van der Waals surface area contributed by atoms with Crippen molar-refractivity contribution in [2.24, 2.45) is 0 Å². The number of piperidine rings is 1. The van der Waals surface area contributed by atoms with E-state index in [-0.39, 0.29) is 18.3 Å². The zero-order valence-electron chi connectivity index (χ0n) is 18.4. The lowest BCUT2D eigenvalue weighted by molar-refractivity contribution is -0.124. The molecule has 1 aromatic heterocycles. The van der Waals surface area contributed by atoms with Crippen LogP contribution in [-0.2, 0) is 9.53 Å². The molecule has 2 aliphatic rings. The van der Waals surface area contributed by atoms with Crippen molar-refractivity contribution in [2.45, 2.75) is 25.2 Å². The molecule has 0 radical (unpaired) electrons. The normalized spacial score (nSPS) is 18.5. The number of amides is 1. The third kappa shape index (κ3) is 5.12.